The molecule has 18 heavy (non-hydrogen) atoms. The molecule has 0 amide bonds. The Kier molecular flexibility index (Phi) is 6.15. The van der Waals surface area contributed by atoms with Gasteiger partial charge >= 0.3 is 0 Å². The van der Waals surface area contributed by atoms with Gasteiger partial charge in [0, 0.05) is 17.7 Å². The van der Waals surface area contributed by atoms with E-state index in [2.05, 4.69) is 31.9 Å². The Morgan fingerprint density at radius 3 is 2.61 bits per heavy atom. The van der Waals surface area contributed by atoms with Crippen LogP contribution in [0.1, 0.15) is 12.5 Å². The first-order valence-corrected chi connectivity index (χ1v) is 6.66. The molecular formula is C13H12Br2O3. The molecule has 0 bridgehead atoms. The Morgan fingerprint density at radius 1 is 1.33 bits per heavy atom. The van der Waals surface area contributed by atoms with Crippen molar-refractivity contribution in [3.8, 4) is 11.5 Å². The van der Waals surface area contributed by atoms with Gasteiger partial charge in [-0.25, -0.2) is 0 Å². The maximum absolute atomic E-state index is 10.8. The molecule has 0 fully saturated rings. The summed E-state index contributed by atoms with van der Waals surface area (Å²) in [5, 5.41) is 0. The Balaban J connectivity index is 3.03. The van der Waals surface area contributed by atoms with Gasteiger partial charge in [-0.3, -0.25) is 4.79 Å². The zero-order chi connectivity index (χ0) is 13.5. The van der Waals surface area contributed by atoms with Crippen LogP contribution in [0.2, 0.25) is 0 Å². The lowest BCUT2D eigenvalue weighted by Gasteiger charge is -2.07. The van der Waals surface area contributed by atoms with E-state index in [1.54, 1.807) is 13.2 Å². The molecule has 0 unspecified atom stereocenters. The van der Waals surface area contributed by atoms with Crippen LogP contribution in [0, 0.1) is 0 Å². The molecule has 0 saturated carbocycles. The van der Waals surface area contributed by atoms with Gasteiger partial charge in [-0.05, 0) is 57.0 Å². The van der Waals surface area contributed by atoms with Crippen LogP contribution in [0.25, 0.3) is 6.08 Å². The Hall–Kier alpha value is -1.07. The molecule has 0 aliphatic rings. The van der Waals surface area contributed by atoms with Gasteiger partial charge in [-0.2, -0.15) is 0 Å². The molecule has 0 heterocycles. The van der Waals surface area contributed by atoms with Crippen molar-refractivity contribution in [1.82, 2.24) is 0 Å². The van der Waals surface area contributed by atoms with Crippen LogP contribution < -0.4 is 9.47 Å². The minimum atomic E-state index is -0.0725. The number of hydrogen-bond acceptors (Lipinski definition) is 3. The molecule has 0 saturated heterocycles. The molecule has 3 nitrogen and oxygen atoms in total. The first-order chi connectivity index (χ1) is 8.52. The molecule has 0 aromatic heterocycles. The van der Waals surface area contributed by atoms with Gasteiger partial charge in [0.1, 0.15) is 11.5 Å². The Bertz CT molecular complexity index is 489. The SMILES string of the molecule is COc1ccc(C=C(Br)Br)c(O/C=C/C(C)=O)c1. The van der Waals surface area contributed by atoms with Gasteiger partial charge in [-0.15, -0.1) is 0 Å². The van der Waals surface area contributed by atoms with E-state index < -0.39 is 0 Å². The summed E-state index contributed by atoms with van der Waals surface area (Å²) in [6, 6.07) is 5.44. The number of rotatable bonds is 5. The highest BCUT2D eigenvalue weighted by Crippen LogP contribution is 2.29. The third-order valence-electron chi connectivity index (χ3n) is 1.98. The minimum Gasteiger partial charge on any atom is -0.497 e. The molecule has 1 rings (SSSR count). The molecule has 0 radical (unpaired) electrons. The second-order valence-corrected chi connectivity index (χ2v) is 6.14. The second kappa shape index (κ2) is 7.38. The van der Waals surface area contributed by atoms with Crippen molar-refractivity contribution in [2.75, 3.05) is 7.11 Å². The molecule has 0 aliphatic carbocycles. The number of halogens is 2. The molecule has 96 valence electrons. The summed E-state index contributed by atoms with van der Waals surface area (Å²) in [4.78, 5) is 10.8. The number of ketones is 1. The monoisotopic (exact) mass is 374 g/mol. The van der Waals surface area contributed by atoms with E-state index in [4.69, 9.17) is 9.47 Å². The van der Waals surface area contributed by atoms with Crippen LogP contribution >= 0.6 is 31.9 Å². The standard InChI is InChI=1S/C13H12Br2O3/c1-9(16)5-6-18-12-8-11(17-2)4-3-10(12)7-13(14)15/h3-8H,1-2H3/b6-5+. The lowest BCUT2D eigenvalue weighted by atomic mass is 10.2. The third kappa shape index (κ3) is 5.06. The number of methoxy groups -OCH3 is 1. The smallest absolute Gasteiger partial charge is 0.155 e. The number of allylic oxidation sites excluding steroid dienone is 1. The van der Waals surface area contributed by atoms with Crippen molar-refractivity contribution in [3.63, 3.8) is 0 Å². The van der Waals surface area contributed by atoms with Crippen molar-refractivity contribution < 1.29 is 14.3 Å². The minimum absolute atomic E-state index is 0.0725. The summed E-state index contributed by atoms with van der Waals surface area (Å²) < 4.78 is 11.3. The quantitative estimate of drug-likeness (QED) is 0.569. The van der Waals surface area contributed by atoms with E-state index in [1.165, 1.54) is 19.3 Å². The van der Waals surface area contributed by atoms with Gasteiger partial charge in [0.2, 0.25) is 0 Å². The number of benzene rings is 1. The topological polar surface area (TPSA) is 35.5 Å². The predicted molar refractivity (Wildman–Crippen MR) is 79.3 cm³/mol. The summed E-state index contributed by atoms with van der Waals surface area (Å²) in [7, 11) is 1.58. The summed E-state index contributed by atoms with van der Waals surface area (Å²) in [6.07, 6.45) is 4.56. The summed E-state index contributed by atoms with van der Waals surface area (Å²) in [6.45, 7) is 1.46. The van der Waals surface area contributed by atoms with Gasteiger partial charge in [0.15, 0.2) is 5.78 Å². The van der Waals surface area contributed by atoms with Gasteiger partial charge in [0.05, 0.1) is 16.8 Å². The van der Waals surface area contributed by atoms with Crippen LogP contribution in [-0.4, -0.2) is 12.9 Å². The summed E-state index contributed by atoms with van der Waals surface area (Å²) in [5.74, 6) is 1.21. The van der Waals surface area contributed by atoms with Gasteiger partial charge < -0.3 is 9.47 Å². The molecule has 5 heteroatoms. The van der Waals surface area contributed by atoms with Crippen molar-refractivity contribution in [1.29, 1.82) is 0 Å². The average molecular weight is 376 g/mol. The van der Waals surface area contributed by atoms with Crippen LogP contribution in [0.15, 0.2) is 33.9 Å². The first kappa shape index (κ1) is 15.0. The van der Waals surface area contributed by atoms with Crippen molar-refractivity contribution in [3.05, 3.63) is 39.5 Å². The first-order valence-electron chi connectivity index (χ1n) is 5.07. The summed E-state index contributed by atoms with van der Waals surface area (Å²) >= 11 is 6.58. The fourth-order valence-electron chi connectivity index (χ4n) is 1.18. The normalized spacial score (nSPS) is 10.2. The number of hydrogen-bond donors (Lipinski definition) is 0. The molecular weight excluding hydrogens is 364 g/mol. The average Bonchev–Trinajstić information content (AvgIpc) is 2.30. The highest BCUT2D eigenvalue weighted by molar-refractivity contribution is 9.28. The second-order valence-electron chi connectivity index (χ2n) is 3.37. The fraction of sp³-hybridized carbons (Fsp3) is 0.154. The van der Waals surface area contributed by atoms with Crippen LogP contribution in [0.5, 0.6) is 11.5 Å². The van der Waals surface area contributed by atoms with Gasteiger partial charge in [0.25, 0.3) is 0 Å². The fourth-order valence-corrected chi connectivity index (χ4v) is 1.68. The molecule has 0 N–H and O–H groups in total. The lowest BCUT2D eigenvalue weighted by Crippen LogP contribution is -1.91. The third-order valence-corrected chi connectivity index (χ3v) is 2.44. The maximum Gasteiger partial charge on any atom is 0.155 e. The van der Waals surface area contributed by atoms with E-state index in [1.807, 2.05) is 18.2 Å². The van der Waals surface area contributed by atoms with E-state index in [0.29, 0.717) is 11.5 Å². The highest BCUT2D eigenvalue weighted by atomic mass is 79.9. The van der Waals surface area contributed by atoms with Crippen LogP contribution in [0.3, 0.4) is 0 Å². The van der Waals surface area contributed by atoms with Crippen molar-refractivity contribution >= 4 is 43.7 Å². The Morgan fingerprint density at radius 2 is 2.06 bits per heavy atom. The van der Waals surface area contributed by atoms with E-state index in [0.717, 1.165) is 8.96 Å². The van der Waals surface area contributed by atoms with E-state index in [-0.39, 0.29) is 5.78 Å². The van der Waals surface area contributed by atoms with Crippen LogP contribution in [0.4, 0.5) is 0 Å². The zero-order valence-electron chi connectivity index (χ0n) is 9.94. The maximum atomic E-state index is 10.8. The highest BCUT2D eigenvalue weighted by Gasteiger charge is 2.03. The van der Waals surface area contributed by atoms with E-state index in [9.17, 15) is 4.79 Å². The molecule has 1 aromatic rings. The molecule has 0 aliphatic heterocycles. The van der Waals surface area contributed by atoms with Crippen LogP contribution in [-0.2, 0) is 4.79 Å². The molecule has 0 atom stereocenters. The number of carbonyl (C=O) groups is 1. The largest absolute Gasteiger partial charge is 0.497 e. The molecule has 1 aromatic carbocycles. The zero-order valence-corrected chi connectivity index (χ0v) is 13.1. The number of ether oxygens (including phenoxy) is 2. The summed E-state index contributed by atoms with van der Waals surface area (Å²) in [5.41, 5.74) is 0.854. The predicted octanol–water partition coefficient (Wildman–Crippen LogP) is 4.26. The van der Waals surface area contributed by atoms with Crippen molar-refractivity contribution in [2.24, 2.45) is 0 Å². The lowest BCUT2D eigenvalue weighted by molar-refractivity contribution is -0.112. The Labute approximate surface area is 123 Å². The van der Waals surface area contributed by atoms with Crippen molar-refractivity contribution in [2.45, 2.75) is 6.92 Å². The number of carbonyl (C=O) groups excluding carboxylic acids is 1. The van der Waals surface area contributed by atoms with E-state index >= 15 is 0 Å². The molecule has 0 spiro atoms. The van der Waals surface area contributed by atoms with Gasteiger partial charge in [-0.1, -0.05) is 0 Å².